The number of carbonyl (C=O) groups is 2. The van der Waals surface area contributed by atoms with Crippen LogP contribution < -0.4 is 0 Å². The van der Waals surface area contributed by atoms with Crippen LogP contribution >= 0.6 is 0 Å². The largest absolute Gasteiger partial charge is 0.463 e. The molecule has 0 radical (unpaired) electrons. The molecule has 0 aliphatic rings. The van der Waals surface area contributed by atoms with Gasteiger partial charge in [0, 0.05) is 12.8 Å². The molecular weight excluding hydrogens is 640 g/mol. The average molecular weight is 719 g/mol. The van der Waals surface area contributed by atoms with Gasteiger partial charge in [-0.3, -0.25) is 9.59 Å². The Hall–Kier alpha value is -2.22. The van der Waals surface area contributed by atoms with Gasteiger partial charge in [0.25, 0.3) is 0 Å². The molecular formula is C44H78O7. The summed E-state index contributed by atoms with van der Waals surface area (Å²) in [4.78, 5) is 24.0. The van der Waals surface area contributed by atoms with Crippen molar-refractivity contribution in [3.63, 3.8) is 0 Å². The molecule has 3 atom stereocenters. The molecule has 0 heterocycles. The molecule has 3 N–H and O–H groups in total. The maximum absolute atomic E-state index is 12.0. The Morgan fingerprint density at radius 2 is 0.843 bits per heavy atom. The highest BCUT2D eigenvalue weighted by Crippen LogP contribution is 2.15. The van der Waals surface area contributed by atoms with E-state index in [1.54, 1.807) is 0 Å². The van der Waals surface area contributed by atoms with Crippen LogP contribution in [0.15, 0.2) is 48.6 Å². The van der Waals surface area contributed by atoms with Gasteiger partial charge in [-0.2, -0.15) is 0 Å². The lowest BCUT2D eigenvalue weighted by atomic mass is 10.0. The highest BCUT2D eigenvalue weighted by molar-refractivity contribution is 5.69. The molecule has 0 saturated heterocycles. The lowest BCUT2D eigenvalue weighted by Gasteiger charge is -2.16. The van der Waals surface area contributed by atoms with Crippen LogP contribution in [-0.4, -0.2) is 58.8 Å². The van der Waals surface area contributed by atoms with E-state index >= 15 is 0 Å². The molecule has 0 unspecified atom stereocenters. The number of esters is 2. The number of unbranched alkanes of at least 4 members (excludes halogenated alkanes) is 17. The highest BCUT2D eigenvalue weighted by atomic mass is 16.6. The quantitative estimate of drug-likeness (QED) is 0.0333. The molecule has 0 fully saturated rings. The molecule has 7 heteroatoms. The summed E-state index contributed by atoms with van der Waals surface area (Å²) in [5.41, 5.74) is 0. The molecule has 0 aliphatic carbocycles. The van der Waals surface area contributed by atoms with Gasteiger partial charge < -0.3 is 24.8 Å². The van der Waals surface area contributed by atoms with Gasteiger partial charge in [-0.1, -0.05) is 172 Å². The predicted molar refractivity (Wildman–Crippen MR) is 213 cm³/mol. The van der Waals surface area contributed by atoms with E-state index in [-0.39, 0.29) is 32.0 Å². The Morgan fingerprint density at radius 1 is 0.471 bits per heavy atom. The van der Waals surface area contributed by atoms with Gasteiger partial charge >= 0.3 is 11.9 Å². The minimum atomic E-state index is -1.07. The zero-order valence-electron chi connectivity index (χ0n) is 32.8. The Labute approximate surface area is 313 Å². The molecule has 51 heavy (non-hydrogen) atoms. The molecule has 0 aromatic heterocycles. The topological polar surface area (TPSA) is 113 Å². The number of ether oxygens (including phenoxy) is 2. The summed E-state index contributed by atoms with van der Waals surface area (Å²) in [5, 5.41) is 30.4. The van der Waals surface area contributed by atoms with Crippen LogP contribution in [0, 0.1) is 0 Å². The monoisotopic (exact) mass is 719 g/mol. The normalized spacial score (nSPS) is 13.9. The first-order valence-electron chi connectivity index (χ1n) is 20.9. The Balaban J connectivity index is 3.64. The van der Waals surface area contributed by atoms with E-state index < -0.39 is 24.3 Å². The lowest BCUT2D eigenvalue weighted by molar-refractivity contribution is -0.152. The summed E-state index contributed by atoms with van der Waals surface area (Å²) in [5.74, 6) is -0.838. The maximum atomic E-state index is 12.0. The third-order valence-electron chi connectivity index (χ3n) is 9.03. The highest BCUT2D eigenvalue weighted by Gasteiger charge is 2.16. The molecule has 0 amide bonds. The fourth-order valence-electron chi connectivity index (χ4n) is 5.76. The van der Waals surface area contributed by atoms with Gasteiger partial charge in [0.2, 0.25) is 0 Å². The molecule has 7 nitrogen and oxygen atoms in total. The summed E-state index contributed by atoms with van der Waals surface area (Å²) >= 11 is 0. The molecule has 0 aliphatic heterocycles. The van der Waals surface area contributed by atoms with Gasteiger partial charge in [-0.05, 0) is 51.4 Å². The van der Waals surface area contributed by atoms with Crippen molar-refractivity contribution in [2.75, 3.05) is 13.2 Å². The average Bonchev–Trinajstić information content (AvgIpc) is 3.12. The first-order chi connectivity index (χ1) is 24.9. The van der Waals surface area contributed by atoms with Crippen LogP contribution in [0.2, 0.25) is 0 Å². The zero-order valence-corrected chi connectivity index (χ0v) is 32.8. The first kappa shape index (κ1) is 48.8. The van der Waals surface area contributed by atoms with E-state index in [1.165, 1.54) is 96.3 Å². The van der Waals surface area contributed by atoms with Gasteiger partial charge in [0.1, 0.15) is 19.3 Å². The van der Waals surface area contributed by atoms with Crippen LogP contribution in [0.3, 0.4) is 0 Å². The molecule has 0 saturated carbocycles. The van der Waals surface area contributed by atoms with Crippen molar-refractivity contribution in [2.24, 2.45) is 0 Å². The van der Waals surface area contributed by atoms with Crippen molar-refractivity contribution in [1.82, 2.24) is 0 Å². The van der Waals surface area contributed by atoms with Crippen LogP contribution in [0.4, 0.5) is 0 Å². The number of carbonyl (C=O) groups excluding carboxylic acids is 2. The standard InChI is InChI=1S/C44H78O7/c1-3-5-7-9-11-13-15-17-18-19-20-21-22-24-26-28-30-32-36-43(48)50-38-40(45)39-51-44(49)37-33-35-42(47)41(46)34-31-29-27-25-23-16-14-12-10-8-6-4-2/h6,8,12,14,23,25,29,31,40-42,45-47H,3-5,7,9-11,13,15-22,24,26-28,30,32-39H2,1-2H3/b8-6-,14-12-,25-23-,31-29-/t40-,41+,42+/m1/s1. The molecule has 0 spiro atoms. The van der Waals surface area contributed by atoms with Gasteiger partial charge in [-0.25, -0.2) is 0 Å². The van der Waals surface area contributed by atoms with E-state index in [2.05, 4.69) is 50.3 Å². The minimum Gasteiger partial charge on any atom is -0.463 e. The molecule has 0 aromatic carbocycles. The fraction of sp³-hybridized carbons (Fsp3) is 0.773. The summed E-state index contributed by atoms with van der Waals surface area (Å²) in [6, 6.07) is 0. The Kier molecular flexibility index (Phi) is 37.3. The SMILES string of the molecule is CC/C=C\C/C=C\C/C=C\C/C=C\C[C@H](O)[C@@H](O)CCCC(=O)OC[C@H](O)COC(=O)CCCCCCCCCCCCCCCCCCCC. The number of aliphatic hydroxyl groups excluding tert-OH is 3. The molecule has 296 valence electrons. The van der Waals surface area contributed by atoms with Gasteiger partial charge in [-0.15, -0.1) is 0 Å². The number of rotatable bonds is 37. The lowest BCUT2D eigenvalue weighted by Crippen LogP contribution is -2.26. The number of hydrogen-bond acceptors (Lipinski definition) is 7. The van der Waals surface area contributed by atoms with E-state index in [0.29, 0.717) is 19.3 Å². The second-order valence-corrected chi connectivity index (χ2v) is 14.0. The summed E-state index contributed by atoms with van der Waals surface area (Å²) in [6.45, 7) is 3.94. The Bertz CT molecular complexity index is 894. The number of allylic oxidation sites excluding steroid dienone is 7. The third kappa shape index (κ3) is 37.3. The van der Waals surface area contributed by atoms with Crippen molar-refractivity contribution in [2.45, 2.75) is 206 Å². The van der Waals surface area contributed by atoms with Crippen LogP contribution in [0.1, 0.15) is 187 Å². The van der Waals surface area contributed by atoms with E-state index in [0.717, 1.165) is 44.9 Å². The van der Waals surface area contributed by atoms with Crippen LogP contribution in [0.5, 0.6) is 0 Å². The second kappa shape index (κ2) is 39.0. The molecule has 0 aromatic rings. The van der Waals surface area contributed by atoms with Crippen molar-refractivity contribution in [3.05, 3.63) is 48.6 Å². The van der Waals surface area contributed by atoms with Crippen molar-refractivity contribution < 1.29 is 34.4 Å². The van der Waals surface area contributed by atoms with E-state index in [9.17, 15) is 24.9 Å². The zero-order chi connectivity index (χ0) is 37.5. The molecule has 0 rings (SSSR count). The van der Waals surface area contributed by atoms with E-state index in [4.69, 9.17) is 9.47 Å². The summed E-state index contributed by atoms with van der Waals surface area (Å²) < 4.78 is 10.2. The van der Waals surface area contributed by atoms with Crippen molar-refractivity contribution in [3.8, 4) is 0 Å². The predicted octanol–water partition coefficient (Wildman–Crippen LogP) is 11.0. The van der Waals surface area contributed by atoms with Gasteiger partial charge in [0.05, 0.1) is 12.2 Å². The van der Waals surface area contributed by atoms with Crippen LogP contribution in [0.25, 0.3) is 0 Å². The minimum absolute atomic E-state index is 0.0691. The summed E-state index contributed by atoms with van der Waals surface area (Å²) in [6.07, 6.45) is 42.1. The van der Waals surface area contributed by atoms with Crippen molar-refractivity contribution >= 4 is 11.9 Å². The van der Waals surface area contributed by atoms with E-state index in [1.807, 2.05) is 12.2 Å². The van der Waals surface area contributed by atoms with Gasteiger partial charge in [0.15, 0.2) is 0 Å². The third-order valence-corrected chi connectivity index (χ3v) is 9.03. The summed E-state index contributed by atoms with van der Waals surface area (Å²) in [7, 11) is 0. The Morgan fingerprint density at radius 3 is 1.27 bits per heavy atom. The molecule has 0 bridgehead atoms. The first-order valence-corrected chi connectivity index (χ1v) is 20.9. The maximum Gasteiger partial charge on any atom is 0.305 e. The smallest absolute Gasteiger partial charge is 0.305 e. The number of aliphatic hydroxyl groups is 3. The fourth-order valence-corrected chi connectivity index (χ4v) is 5.76. The second-order valence-electron chi connectivity index (χ2n) is 14.0. The van der Waals surface area contributed by atoms with Crippen molar-refractivity contribution in [1.29, 1.82) is 0 Å². The van der Waals surface area contributed by atoms with Crippen LogP contribution in [-0.2, 0) is 19.1 Å². The number of hydrogen-bond donors (Lipinski definition) is 3.